The summed E-state index contributed by atoms with van der Waals surface area (Å²) in [6, 6.07) is 0. The second-order valence-electron chi connectivity index (χ2n) is 3.99. The summed E-state index contributed by atoms with van der Waals surface area (Å²) in [4.78, 5) is 24.8. The normalized spacial score (nSPS) is 16.4. The van der Waals surface area contributed by atoms with Crippen LogP contribution < -0.4 is 5.32 Å². The first-order valence-electron chi connectivity index (χ1n) is 5.99. The lowest BCUT2D eigenvalue weighted by Crippen LogP contribution is -2.43. The van der Waals surface area contributed by atoms with Crippen LogP contribution in [0.2, 0.25) is 0 Å². The molecule has 0 aromatic heterocycles. The Kier molecular flexibility index (Phi) is 5.52. The topological polar surface area (TPSA) is 58.6 Å². The van der Waals surface area contributed by atoms with E-state index in [1.807, 2.05) is 0 Å². The minimum atomic E-state index is -0.280. The quantitative estimate of drug-likeness (QED) is 0.750. The molecule has 0 atom stereocenters. The molecule has 96 valence electrons. The Balaban J connectivity index is 2.32. The highest BCUT2D eigenvalue weighted by atomic mass is 16.6. The van der Waals surface area contributed by atoms with E-state index in [1.54, 1.807) is 17.9 Å². The first-order valence-corrected chi connectivity index (χ1v) is 5.99. The third-order valence-electron chi connectivity index (χ3n) is 2.81. The highest BCUT2D eigenvalue weighted by Crippen LogP contribution is 2.17. The molecular formula is C12H20N2O3. The Hall–Kier alpha value is -1.52. The molecule has 0 aromatic rings. The number of hydrogen-bond donors (Lipinski definition) is 1. The van der Waals surface area contributed by atoms with Gasteiger partial charge in [-0.25, -0.2) is 4.79 Å². The summed E-state index contributed by atoms with van der Waals surface area (Å²) in [6.45, 7) is 7.40. The van der Waals surface area contributed by atoms with E-state index in [0.29, 0.717) is 39.1 Å². The summed E-state index contributed by atoms with van der Waals surface area (Å²) in [5.41, 5.74) is 0. The summed E-state index contributed by atoms with van der Waals surface area (Å²) < 4.78 is 4.92. The van der Waals surface area contributed by atoms with Gasteiger partial charge in [0, 0.05) is 25.6 Å². The molecule has 5 heteroatoms. The summed E-state index contributed by atoms with van der Waals surface area (Å²) in [5.74, 6) is 0.0500. The van der Waals surface area contributed by atoms with E-state index in [4.69, 9.17) is 4.74 Å². The van der Waals surface area contributed by atoms with Crippen molar-refractivity contribution >= 4 is 12.0 Å². The van der Waals surface area contributed by atoms with Crippen LogP contribution in [-0.4, -0.2) is 43.1 Å². The van der Waals surface area contributed by atoms with E-state index in [2.05, 4.69) is 11.9 Å². The fraction of sp³-hybridized carbons (Fsp3) is 0.667. The van der Waals surface area contributed by atoms with E-state index in [9.17, 15) is 9.59 Å². The van der Waals surface area contributed by atoms with Crippen LogP contribution in [0.25, 0.3) is 0 Å². The van der Waals surface area contributed by atoms with Crippen molar-refractivity contribution in [2.75, 3.05) is 26.2 Å². The molecule has 17 heavy (non-hydrogen) atoms. The van der Waals surface area contributed by atoms with E-state index in [1.165, 1.54) is 0 Å². The van der Waals surface area contributed by atoms with Crippen LogP contribution in [0.1, 0.15) is 19.8 Å². The lowest BCUT2D eigenvalue weighted by molar-refractivity contribution is -0.126. The van der Waals surface area contributed by atoms with Crippen molar-refractivity contribution in [2.45, 2.75) is 19.8 Å². The molecule has 1 N–H and O–H groups in total. The molecule has 0 bridgehead atoms. The van der Waals surface area contributed by atoms with Gasteiger partial charge in [-0.2, -0.15) is 0 Å². The Morgan fingerprint density at radius 1 is 1.47 bits per heavy atom. The van der Waals surface area contributed by atoms with Crippen LogP contribution in [-0.2, 0) is 9.53 Å². The van der Waals surface area contributed by atoms with Crippen molar-refractivity contribution in [2.24, 2.45) is 5.92 Å². The molecule has 1 aliphatic rings. The fourth-order valence-electron chi connectivity index (χ4n) is 1.86. The Labute approximate surface area is 102 Å². The Morgan fingerprint density at radius 3 is 2.65 bits per heavy atom. The molecule has 1 aliphatic heterocycles. The molecule has 0 spiro atoms. The smallest absolute Gasteiger partial charge is 0.409 e. The zero-order valence-electron chi connectivity index (χ0n) is 10.3. The van der Waals surface area contributed by atoms with Gasteiger partial charge in [-0.05, 0) is 19.8 Å². The number of piperidine rings is 1. The molecule has 1 fully saturated rings. The predicted octanol–water partition coefficient (Wildman–Crippen LogP) is 1.16. The average Bonchev–Trinajstić information content (AvgIpc) is 2.36. The molecule has 0 saturated carbocycles. The van der Waals surface area contributed by atoms with Crippen molar-refractivity contribution in [3.8, 4) is 0 Å². The van der Waals surface area contributed by atoms with Gasteiger partial charge in [0.05, 0.1) is 6.61 Å². The number of hydrogen-bond acceptors (Lipinski definition) is 3. The summed E-state index contributed by atoms with van der Waals surface area (Å²) in [5, 5.41) is 2.78. The second-order valence-corrected chi connectivity index (χ2v) is 3.99. The monoisotopic (exact) mass is 240 g/mol. The third-order valence-corrected chi connectivity index (χ3v) is 2.81. The molecule has 5 nitrogen and oxygen atoms in total. The van der Waals surface area contributed by atoms with Crippen molar-refractivity contribution in [3.63, 3.8) is 0 Å². The second kappa shape index (κ2) is 6.93. The maximum Gasteiger partial charge on any atom is 0.409 e. The van der Waals surface area contributed by atoms with Gasteiger partial charge in [0.2, 0.25) is 5.91 Å². The molecule has 0 aliphatic carbocycles. The van der Waals surface area contributed by atoms with Crippen LogP contribution in [0.4, 0.5) is 4.79 Å². The summed E-state index contributed by atoms with van der Waals surface area (Å²) in [7, 11) is 0. The maximum atomic E-state index is 11.7. The number of carbonyl (C=O) groups excluding carboxylic acids is 2. The Bertz CT molecular complexity index is 283. The zero-order valence-corrected chi connectivity index (χ0v) is 10.3. The van der Waals surface area contributed by atoms with Gasteiger partial charge >= 0.3 is 6.09 Å². The average molecular weight is 240 g/mol. The number of amides is 2. The van der Waals surface area contributed by atoms with Gasteiger partial charge in [0.1, 0.15) is 0 Å². The maximum absolute atomic E-state index is 11.7. The molecule has 0 aromatic carbocycles. The first-order chi connectivity index (χ1) is 8.19. The number of nitrogens with zero attached hydrogens (tertiary/aromatic N) is 1. The van der Waals surface area contributed by atoms with Crippen molar-refractivity contribution < 1.29 is 14.3 Å². The molecular weight excluding hydrogens is 220 g/mol. The van der Waals surface area contributed by atoms with Crippen molar-refractivity contribution in [1.82, 2.24) is 10.2 Å². The van der Waals surface area contributed by atoms with Crippen molar-refractivity contribution in [1.29, 1.82) is 0 Å². The predicted molar refractivity (Wildman–Crippen MR) is 64.5 cm³/mol. The standard InChI is InChI=1S/C12H20N2O3/c1-3-7-13-11(15)10-5-8-14(9-6-10)12(16)17-4-2/h3,10H,1,4-9H2,2H3,(H,13,15). The number of rotatable bonds is 4. The van der Waals surface area contributed by atoms with E-state index in [-0.39, 0.29) is 17.9 Å². The van der Waals surface area contributed by atoms with Gasteiger partial charge in [-0.3, -0.25) is 4.79 Å². The summed E-state index contributed by atoms with van der Waals surface area (Å²) in [6.07, 6.45) is 2.77. The fourth-order valence-corrected chi connectivity index (χ4v) is 1.86. The van der Waals surface area contributed by atoms with Crippen LogP contribution in [0.15, 0.2) is 12.7 Å². The zero-order chi connectivity index (χ0) is 12.7. The molecule has 0 unspecified atom stereocenters. The van der Waals surface area contributed by atoms with Crippen LogP contribution >= 0.6 is 0 Å². The SMILES string of the molecule is C=CCNC(=O)C1CCN(C(=O)OCC)CC1. The molecule has 0 radical (unpaired) electrons. The van der Waals surface area contributed by atoms with E-state index < -0.39 is 0 Å². The number of ether oxygens (including phenoxy) is 1. The van der Waals surface area contributed by atoms with Gasteiger partial charge in [-0.15, -0.1) is 6.58 Å². The summed E-state index contributed by atoms with van der Waals surface area (Å²) >= 11 is 0. The van der Waals surface area contributed by atoms with Gasteiger partial charge in [0.15, 0.2) is 0 Å². The van der Waals surface area contributed by atoms with E-state index in [0.717, 1.165) is 0 Å². The van der Waals surface area contributed by atoms with Crippen LogP contribution in [0, 0.1) is 5.92 Å². The number of nitrogens with one attached hydrogen (secondary N) is 1. The highest BCUT2D eigenvalue weighted by Gasteiger charge is 2.27. The van der Waals surface area contributed by atoms with Crippen LogP contribution in [0.5, 0.6) is 0 Å². The van der Waals surface area contributed by atoms with Gasteiger partial charge in [0.25, 0.3) is 0 Å². The minimum Gasteiger partial charge on any atom is -0.450 e. The number of carbonyl (C=O) groups is 2. The molecule has 1 saturated heterocycles. The first kappa shape index (κ1) is 13.5. The Morgan fingerprint density at radius 2 is 2.12 bits per heavy atom. The molecule has 1 rings (SSSR count). The molecule has 2 amide bonds. The minimum absolute atomic E-state index is 0.000580. The van der Waals surface area contributed by atoms with Gasteiger partial charge in [-0.1, -0.05) is 6.08 Å². The lowest BCUT2D eigenvalue weighted by atomic mass is 9.96. The van der Waals surface area contributed by atoms with Gasteiger partial charge < -0.3 is 15.0 Å². The number of likely N-dealkylation sites (tertiary alicyclic amines) is 1. The molecule has 1 heterocycles. The van der Waals surface area contributed by atoms with Crippen LogP contribution in [0.3, 0.4) is 0 Å². The highest BCUT2D eigenvalue weighted by molar-refractivity contribution is 5.79. The largest absolute Gasteiger partial charge is 0.450 e. The van der Waals surface area contributed by atoms with E-state index >= 15 is 0 Å². The third kappa shape index (κ3) is 4.09. The lowest BCUT2D eigenvalue weighted by Gasteiger charge is -2.30. The van der Waals surface area contributed by atoms with Crippen molar-refractivity contribution in [3.05, 3.63) is 12.7 Å².